The largest absolute Gasteiger partial charge is 0.355 e. The standard InChI is InChI=1S/C15H19FN2O2/c1-10(12-5-3-4-6-13(12)16)18(2)15(20)11-7-8-14(19)17-9-11/h3-6,10-11H,7-9H2,1-2H3,(H,17,19). The summed E-state index contributed by atoms with van der Waals surface area (Å²) in [6.45, 7) is 2.17. The molecule has 2 unspecified atom stereocenters. The summed E-state index contributed by atoms with van der Waals surface area (Å²) in [5.41, 5.74) is 0.503. The number of rotatable bonds is 3. The van der Waals surface area contributed by atoms with Crippen molar-refractivity contribution in [2.75, 3.05) is 13.6 Å². The summed E-state index contributed by atoms with van der Waals surface area (Å²) < 4.78 is 13.8. The minimum Gasteiger partial charge on any atom is -0.355 e. The van der Waals surface area contributed by atoms with Crippen LogP contribution in [0.5, 0.6) is 0 Å². The zero-order valence-electron chi connectivity index (χ0n) is 11.7. The molecule has 1 fully saturated rings. The first-order valence-electron chi connectivity index (χ1n) is 6.78. The highest BCUT2D eigenvalue weighted by atomic mass is 19.1. The second-order valence-corrected chi connectivity index (χ2v) is 5.19. The fourth-order valence-electron chi connectivity index (χ4n) is 2.44. The lowest BCUT2D eigenvalue weighted by atomic mass is 9.96. The Kier molecular flexibility index (Phi) is 4.37. The van der Waals surface area contributed by atoms with Gasteiger partial charge < -0.3 is 10.2 Å². The topological polar surface area (TPSA) is 49.4 Å². The first-order chi connectivity index (χ1) is 9.50. The maximum Gasteiger partial charge on any atom is 0.227 e. The third-order valence-electron chi connectivity index (χ3n) is 3.90. The van der Waals surface area contributed by atoms with Gasteiger partial charge in [-0.2, -0.15) is 0 Å². The summed E-state index contributed by atoms with van der Waals surface area (Å²) in [5.74, 6) is -0.594. The predicted octanol–water partition coefficient (Wildman–Crippen LogP) is 1.87. The monoisotopic (exact) mass is 278 g/mol. The Morgan fingerprint density at radius 1 is 1.45 bits per heavy atom. The fraction of sp³-hybridized carbons (Fsp3) is 0.467. The SMILES string of the molecule is CC(c1ccccc1F)N(C)C(=O)C1CCC(=O)NC1. The van der Waals surface area contributed by atoms with Crippen LogP contribution in [-0.2, 0) is 9.59 Å². The Bertz CT molecular complexity index is 508. The lowest BCUT2D eigenvalue weighted by molar-refractivity contribution is -0.138. The fourth-order valence-corrected chi connectivity index (χ4v) is 2.44. The van der Waals surface area contributed by atoms with Crippen molar-refractivity contribution in [2.45, 2.75) is 25.8 Å². The van der Waals surface area contributed by atoms with Gasteiger partial charge in [0.05, 0.1) is 12.0 Å². The first kappa shape index (κ1) is 14.5. The maximum absolute atomic E-state index is 13.8. The van der Waals surface area contributed by atoms with Crippen LogP contribution >= 0.6 is 0 Å². The van der Waals surface area contributed by atoms with Crippen molar-refractivity contribution in [1.29, 1.82) is 0 Å². The Hall–Kier alpha value is -1.91. The summed E-state index contributed by atoms with van der Waals surface area (Å²) in [7, 11) is 1.68. The van der Waals surface area contributed by atoms with E-state index in [4.69, 9.17) is 0 Å². The van der Waals surface area contributed by atoms with Crippen LogP contribution in [0.4, 0.5) is 4.39 Å². The van der Waals surface area contributed by atoms with Gasteiger partial charge in [0.2, 0.25) is 11.8 Å². The molecule has 0 radical (unpaired) electrons. The number of hydrogen-bond donors (Lipinski definition) is 1. The summed E-state index contributed by atoms with van der Waals surface area (Å²) in [6.07, 6.45) is 0.928. The van der Waals surface area contributed by atoms with Crippen molar-refractivity contribution in [3.63, 3.8) is 0 Å². The quantitative estimate of drug-likeness (QED) is 0.917. The number of piperidine rings is 1. The van der Waals surface area contributed by atoms with Gasteiger partial charge in [0.1, 0.15) is 5.82 Å². The molecule has 0 saturated carbocycles. The number of hydrogen-bond acceptors (Lipinski definition) is 2. The van der Waals surface area contributed by atoms with Gasteiger partial charge in [-0.05, 0) is 19.4 Å². The molecule has 2 atom stereocenters. The third kappa shape index (κ3) is 2.98. The maximum atomic E-state index is 13.8. The molecule has 0 spiro atoms. The Labute approximate surface area is 118 Å². The Morgan fingerprint density at radius 3 is 2.75 bits per heavy atom. The second kappa shape index (κ2) is 6.03. The van der Waals surface area contributed by atoms with Crippen LogP contribution in [0.1, 0.15) is 31.4 Å². The smallest absolute Gasteiger partial charge is 0.227 e. The average Bonchev–Trinajstić information content (AvgIpc) is 2.46. The molecule has 1 aromatic rings. The van der Waals surface area contributed by atoms with Gasteiger partial charge in [-0.1, -0.05) is 18.2 Å². The van der Waals surface area contributed by atoms with Crippen molar-refractivity contribution in [3.8, 4) is 0 Å². The number of amides is 2. The Morgan fingerprint density at radius 2 is 2.15 bits per heavy atom. The van der Waals surface area contributed by atoms with E-state index in [-0.39, 0.29) is 29.6 Å². The third-order valence-corrected chi connectivity index (χ3v) is 3.90. The highest BCUT2D eigenvalue weighted by Crippen LogP contribution is 2.24. The van der Waals surface area contributed by atoms with Gasteiger partial charge in [-0.3, -0.25) is 9.59 Å². The molecule has 1 heterocycles. The predicted molar refractivity (Wildman–Crippen MR) is 73.3 cm³/mol. The van der Waals surface area contributed by atoms with Crippen molar-refractivity contribution in [3.05, 3.63) is 35.6 Å². The summed E-state index contributed by atoms with van der Waals surface area (Å²) in [5, 5.41) is 2.70. The normalized spacial score (nSPS) is 20.1. The Balaban J connectivity index is 2.07. The van der Waals surface area contributed by atoms with Gasteiger partial charge in [0, 0.05) is 25.6 Å². The van der Waals surface area contributed by atoms with Crippen molar-refractivity contribution in [2.24, 2.45) is 5.92 Å². The molecular formula is C15H19FN2O2. The number of halogens is 1. The van der Waals surface area contributed by atoms with E-state index < -0.39 is 0 Å². The molecular weight excluding hydrogens is 259 g/mol. The lowest BCUT2D eigenvalue weighted by Gasteiger charge is -2.31. The van der Waals surface area contributed by atoms with Crippen LogP contribution in [0.15, 0.2) is 24.3 Å². The molecule has 0 bridgehead atoms. The molecule has 20 heavy (non-hydrogen) atoms. The summed E-state index contributed by atoms with van der Waals surface area (Å²) >= 11 is 0. The molecule has 4 nitrogen and oxygen atoms in total. The zero-order valence-corrected chi connectivity index (χ0v) is 11.7. The average molecular weight is 278 g/mol. The number of carbonyl (C=O) groups excluding carboxylic acids is 2. The van der Waals surface area contributed by atoms with Gasteiger partial charge >= 0.3 is 0 Å². The second-order valence-electron chi connectivity index (χ2n) is 5.19. The van der Waals surface area contributed by atoms with Crippen LogP contribution < -0.4 is 5.32 Å². The highest BCUT2D eigenvalue weighted by Gasteiger charge is 2.29. The number of benzene rings is 1. The number of nitrogens with zero attached hydrogens (tertiary/aromatic N) is 1. The van der Waals surface area contributed by atoms with Crippen LogP contribution in [0, 0.1) is 11.7 Å². The van der Waals surface area contributed by atoms with Gasteiger partial charge in [0.15, 0.2) is 0 Å². The molecule has 0 aromatic heterocycles. The highest BCUT2D eigenvalue weighted by molar-refractivity contribution is 5.83. The van der Waals surface area contributed by atoms with E-state index in [0.717, 1.165) is 0 Å². The number of nitrogens with one attached hydrogen (secondary N) is 1. The van der Waals surface area contributed by atoms with E-state index in [0.29, 0.717) is 24.9 Å². The van der Waals surface area contributed by atoms with E-state index in [9.17, 15) is 14.0 Å². The number of carbonyl (C=O) groups is 2. The van der Waals surface area contributed by atoms with Crippen molar-refractivity contribution in [1.82, 2.24) is 10.2 Å². The lowest BCUT2D eigenvalue weighted by Crippen LogP contribution is -2.44. The molecule has 2 rings (SSSR count). The molecule has 1 aromatic carbocycles. The van der Waals surface area contributed by atoms with E-state index in [1.165, 1.54) is 6.07 Å². The molecule has 0 aliphatic carbocycles. The van der Waals surface area contributed by atoms with Crippen molar-refractivity contribution < 1.29 is 14.0 Å². The molecule has 108 valence electrons. The zero-order chi connectivity index (χ0) is 14.7. The molecule has 1 aliphatic rings. The molecule has 2 amide bonds. The van der Waals surface area contributed by atoms with Crippen molar-refractivity contribution >= 4 is 11.8 Å². The van der Waals surface area contributed by atoms with Crippen LogP contribution in [0.2, 0.25) is 0 Å². The summed E-state index contributed by atoms with van der Waals surface area (Å²) in [6, 6.07) is 6.14. The van der Waals surface area contributed by atoms with Gasteiger partial charge in [-0.25, -0.2) is 4.39 Å². The summed E-state index contributed by atoms with van der Waals surface area (Å²) in [4.78, 5) is 25.1. The molecule has 5 heteroatoms. The van der Waals surface area contributed by atoms with Crippen LogP contribution in [-0.4, -0.2) is 30.3 Å². The van der Waals surface area contributed by atoms with Crippen LogP contribution in [0.3, 0.4) is 0 Å². The van der Waals surface area contributed by atoms with E-state index in [2.05, 4.69) is 5.32 Å². The van der Waals surface area contributed by atoms with Crippen LogP contribution in [0.25, 0.3) is 0 Å². The molecule has 1 N–H and O–H groups in total. The molecule has 1 saturated heterocycles. The van der Waals surface area contributed by atoms with Gasteiger partial charge in [0.25, 0.3) is 0 Å². The van der Waals surface area contributed by atoms with E-state index in [1.54, 1.807) is 37.1 Å². The van der Waals surface area contributed by atoms with E-state index in [1.807, 2.05) is 0 Å². The molecule has 1 aliphatic heterocycles. The van der Waals surface area contributed by atoms with Gasteiger partial charge in [-0.15, -0.1) is 0 Å². The minimum atomic E-state index is -0.332. The first-order valence-corrected chi connectivity index (χ1v) is 6.78. The minimum absolute atomic E-state index is 0.0149. The van der Waals surface area contributed by atoms with E-state index >= 15 is 0 Å².